The molecule has 0 radical (unpaired) electrons. The summed E-state index contributed by atoms with van der Waals surface area (Å²) in [6.45, 7) is 4.38. The lowest BCUT2D eigenvalue weighted by molar-refractivity contribution is 0.420. The average Bonchev–Trinajstić information content (AvgIpc) is 3.35. The van der Waals surface area contributed by atoms with Gasteiger partial charge in [0, 0.05) is 18.1 Å². The zero-order valence-corrected chi connectivity index (χ0v) is 17.7. The molecule has 0 aliphatic rings. The Bertz CT molecular complexity index is 1260. The van der Waals surface area contributed by atoms with Crippen molar-refractivity contribution in [1.29, 1.82) is 5.26 Å². The highest BCUT2D eigenvalue weighted by Gasteiger charge is 2.21. The Kier molecular flexibility index (Phi) is 5.07. The highest BCUT2D eigenvalue weighted by molar-refractivity contribution is 6.36. The minimum absolute atomic E-state index is 0.342. The van der Waals surface area contributed by atoms with E-state index in [4.69, 9.17) is 27.7 Å². The maximum absolute atomic E-state index is 9.26. The molecule has 148 valence electrons. The molecule has 0 atom stereocenters. The third-order valence-electron chi connectivity index (χ3n) is 4.87. The van der Waals surface area contributed by atoms with Crippen LogP contribution in [0.5, 0.6) is 0 Å². The summed E-state index contributed by atoms with van der Waals surface area (Å²) in [7, 11) is 1.76. The second-order valence-electron chi connectivity index (χ2n) is 6.83. The van der Waals surface area contributed by atoms with E-state index in [0.29, 0.717) is 39.6 Å². The van der Waals surface area contributed by atoms with Gasteiger partial charge in [-0.15, -0.1) is 0 Å². The van der Waals surface area contributed by atoms with E-state index in [2.05, 4.69) is 32.8 Å². The predicted molar refractivity (Wildman–Crippen MR) is 111 cm³/mol. The fourth-order valence-corrected chi connectivity index (χ4v) is 4.04. The summed E-state index contributed by atoms with van der Waals surface area (Å²) in [6, 6.07) is 7.80. The molecular weight excluding hydrogens is 411 g/mol. The quantitative estimate of drug-likeness (QED) is 0.450. The number of halogens is 2. The van der Waals surface area contributed by atoms with Crippen molar-refractivity contribution in [3.8, 4) is 17.5 Å². The van der Waals surface area contributed by atoms with E-state index < -0.39 is 0 Å². The summed E-state index contributed by atoms with van der Waals surface area (Å²) in [6.07, 6.45) is 1.84. The van der Waals surface area contributed by atoms with Crippen LogP contribution in [0.4, 0.5) is 0 Å². The standard InChI is InChI=1S/C20H18Cl2N6O/c1-4-5-13-8-14-15(7-6-12(9-23)18(14)21)28(13)10-16-24-20(29-26-16)17-11(2)25-27(3)19(17)22/h6-8H,4-5,10H2,1-3H3. The smallest absolute Gasteiger partial charge is 0.263 e. The third-order valence-corrected chi connectivity index (χ3v) is 5.71. The van der Waals surface area contributed by atoms with Gasteiger partial charge < -0.3 is 9.09 Å². The molecule has 0 aliphatic carbocycles. The van der Waals surface area contributed by atoms with Gasteiger partial charge in [-0.05, 0) is 31.5 Å². The summed E-state index contributed by atoms with van der Waals surface area (Å²) in [5.41, 5.74) is 3.85. The number of nitriles is 1. The van der Waals surface area contributed by atoms with Gasteiger partial charge in [-0.3, -0.25) is 4.68 Å². The molecule has 0 fully saturated rings. The molecular formula is C20H18Cl2N6O. The Hall–Kier alpha value is -2.82. The van der Waals surface area contributed by atoms with Gasteiger partial charge in [0.1, 0.15) is 11.2 Å². The Morgan fingerprint density at radius 3 is 2.72 bits per heavy atom. The van der Waals surface area contributed by atoms with Crippen LogP contribution in [0.3, 0.4) is 0 Å². The molecule has 7 nitrogen and oxygen atoms in total. The average molecular weight is 429 g/mol. The van der Waals surface area contributed by atoms with E-state index in [-0.39, 0.29) is 0 Å². The molecule has 0 spiro atoms. The minimum atomic E-state index is 0.342. The number of aromatic nitrogens is 5. The number of hydrogen-bond donors (Lipinski definition) is 0. The van der Waals surface area contributed by atoms with Crippen LogP contribution < -0.4 is 0 Å². The largest absolute Gasteiger partial charge is 0.337 e. The van der Waals surface area contributed by atoms with E-state index in [1.165, 1.54) is 0 Å². The highest BCUT2D eigenvalue weighted by Crippen LogP contribution is 2.32. The maximum atomic E-state index is 9.26. The van der Waals surface area contributed by atoms with Crippen molar-refractivity contribution < 1.29 is 4.52 Å². The Balaban J connectivity index is 1.77. The van der Waals surface area contributed by atoms with E-state index in [1.54, 1.807) is 17.8 Å². The summed E-state index contributed by atoms with van der Waals surface area (Å²) in [5.74, 6) is 0.864. The normalized spacial score (nSPS) is 11.3. The monoisotopic (exact) mass is 428 g/mol. The lowest BCUT2D eigenvalue weighted by Gasteiger charge is -2.08. The first kappa shape index (κ1) is 19.5. The topological polar surface area (TPSA) is 85.5 Å². The summed E-state index contributed by atoms with van der Waals surface area (Å²) in [4.78, 5) is 4.53. The van der Waals surface area contributed by atoms with E-state index >= 15 is 0 Å². The first-order valence-electron chi connectivity index (χ1n) is 9.17. The van der Waals surface area contributed by atoms with E-state index in [1.807, 2.05) is 19.1 Å². The van der Waals surface area contributed by atoms with Crippen molar-refractivity contribution in [3.05, 3.63) is 51.2 Å². The van der Waals surface area contributed by atoms with Gasteiger partial charge in [0.15, 0.2) is 5.82 Å². The minimum Gasteiger partial charge on any atom is -0.337 e. The van der Waals surface area contributed by atoms with Gasteiger partial charge in [0.05, 0.1) is 33.9 Å². The van der Waals surface area contributed by atoms with Gasteiger partial charge in [0.25, 0.3) is 5.89 Å². The SMILES string of the molecule is CCCc1cc2c(Cl)c(C#N)ccc2n1Cc1noc(-c2c(C)nn(C)c2Cl)n1. The first-order valence-corrected chi connectivity index (χ1v) is 9.93. The highest BCUT2D eigenvalue weighted by atomic mass is 35.5. The molecule has 0 N–H and O–H groups in total. The van der Waals surface area contributed by atoms with Crippen LogP contribution in [0.25, 0.3) is 22.4 Å². The predicted octanol–water partition coefficient (Wildman–Crippen LogP) is 4.91. The summed E-state index contributed by atoms with van der Waals surface area (Å²) in [5, 5.41) is 19.4. The Morgan fingerprint density at radius 1 is 1.28 bits per heavy atom. The fourth-order valence-electron chi connectivity index (χ4n) is 3.53. The van der Waals surface area contributed by atoms with Crippen molar-refractivity contribution in [2.75, 3.05) is 0 Å². The van der Waals surface area contributed by atoms with Crippen molar-refractivity contribution in [2.24, 2.45) is 7.05 Å². The number of fused-ring (bicyclic) bond motifs is 1. The molecule has 1 aromatic carbocycles. The van der Waals surface area contributed by atoms with Crippen molar-refractivity contribution in [1.82, 2.24) is 24.5 Å². The van der Waals surface area contributed by atoms with Crippen LogP contribution in [0.2, 0.25) is 10.2 Å². The molecule has 4 aromatic rings. The van der Waals surface area contributed by atoms with Gasteiger partial charge in [-0.1, -0.05) is 41.7 Å². The molecule has 0 saturated carbocycles. The third kappa shape index (κ3) is 3.28. The van der Waals surface area contributed by atoms with Gasteiger partial charge >= 0.3 is 0 Å². The van der Waals surface area contributed by atoms with Crippen molar-refractivity contribution >= 4 is 34.1 Å². The van der Waals surface area contributed by atoms with E-state index in [0.717, 1.165) is 35.1 Å². The molecule has 0 amide bonds. The van der Waals surface area contributed by atoms with Crippen LogP contribution in [-0.4, -0.2) is 24.5 Å². The lowest BCUT2D eigenvalue weighted by atomic mass is 10.1. The van der Waals surface area contributed by atoms with Crippen LogP contribution in [0, 0.1) is 18.3 Å². The van der Waals surface area contributed by atoms with Crippen molar-refractivity contribution in [3.63, 3.8) is 0 Å². The second-order valence-corrected chi connectivity index (χ2v) is 7.57. The van der Waals surface area contributed by atoms with Gasteiger partial charge in [0.2, 0.25) is 0 Å². The van der Waals surface area contributed by atoms with Crippen LogP contribution in [0.15, 0.2) is 22.7 Å². The second kappa shape index (κ2) is 7.54. The molecule has 0 saturated heterocycles. The lowest BCUT2D eigenvalue weighted by Crippen LogP contribution is -2.05. The van der Waals surface area contributed by atoms with Crippen LogP contribution in [0.1, 0.15) is 36.1 Å². The van der Waals surface area contributed by atoms with Crippen LogP contribution in [-0.2, 0) is 20.0 Å². The molecule has 0 bridgehead atoms. The number of benzene rings is 1. The summed E-state index contributed by atoms with van der Waals surface area (Å²) < 4.78 is 9.15. The van der Waals surface area contributed by atoms with Gasteiger partial charge in [-0.25, -0.2) is 0 Å². The molecule has 29 heavy (non-hydrogen) atoms. The molecule has 9 heteroatoms. The number of nitrogens with zero attached hydrogens (tertiary/aromatic N) is 6. The number of hydrogen-bond acceptors (Lipinski definition) is 5. The molecule has 0 unspecified atom stereocenters. The zero-order chi connectivity index (χ0) is 20.7. The molecule has 3 heterocycles. The van der Waals surface area contributed by atoms with Crippen LogP contribution >= 0.6 is 23.2 Å². The zero-order valence-electron chi connectivity index (χ0n) is 16.2. The fraction of sp³-hybridized carbons (Fsp3) is 0.300. The summed E-state index contributed by atoms with van der Waals surface area (Å²) >= 11 is 12.8. The number of aryl methyl sites for hydroxylation is 3. The van der Waals surface area contributed by atoms with E-state index in [9.17, 15) is 5.26 Å². The maximum Gasteiger partial charge on any atom is 0.263 e. The Labute approximate surface area is 177 Å². The Morgan fingerprint density at radius 2 is 2.07 bits per heavy atom. The molecule has 3 aromatic heterocycles. The number of rotatable bonds is 5. The van der Waals surface area contributed by atoms with Gasteiger partial charge in [-0.2, -0.15) is 15.3 Å². The molecule has 4 rings (SSSR count). The first-order chi connectivity index (χ1) is 13.9. The molecule has 0 aliphatic heterocycles. The van der Waals surface area contributed by atoms with Crippen molar-refractivity contribution in [2.45, 2.75) is 33.2 Å².